The maximum atomic E-state index is 11.7. The molecular formula is C15H22N2O4. The van der Waals surface area contributed by atoms with E-state index < -0.39 is 12.0 Å². The highest BCUT2D eigenvalue weighted by Crippen LogP contribution is 2.02. The Hall–Kier alpha value is -2.11. The molecule has 1 heterocycles. The largest absolute Gasteiger partial charge is 0.480 e. The van der Waals surface area contributed by atoms with Crippen molar-refractivity contribution in [2.45, 2.75) is 51.6 Å². The van der Waals surface area contributed by atoms with E-state index in [0.717, 1.165) is 12.8 Å². The van der Waals surface area contributed by atoms with E-state index in [0.29, 0.717) is 19.4 Å². The van der Waals surface area contributed by atoms with E-state index in [1.807, 2.05) is 6.92 Å². The zero-order chi connectivity index (χ0) is 15.7. The van der Waals surface area contributed by atoms with E-state index in [1.54, 1.807) is 18.3 Å². The summed E-state index contributed by atoms with van der Waals surface area (Å²) in [5.74, 6) is -1.29. The Balaban J connectivity index is 2.37. The number of pyridine rings is 1. The van der Waals surface area contributed by atoms with Gasteiger partial charge < -0.3 is 15.0 Å². The first kappa shape index (κ1) is 16.9. The quantitative estimate of drug-likeness (QED) is 0.720. The van der Waals surface area contributed by atoms with Gasteiger partial charge in [-0.1, -0.05) is 25.8 Å². The van der Waals surface area contributed by atoms with Crippen LogP contribution in [0.1, 0.15) is 39.0 Å². The molecule has 0 bridgehead atoms. The summed E-state index contributed by atoms with van der Waals surface area (Å²) in [6, 6.07) is 4.06. The van der Waals surface area contributed by atoms with Gasteiger partial charge in [0.25, 0.3) is 0 Å². The van der Waals surface area contributed by atoms with Gasteiger partial charge in [-0.2, -0.15) is 0 Å². The average Bonchev–Trinajstić information content (AvgIpc) is 2.45. The number of carbonyl (C=O) groups is 2. The highest BCUT2D eigenvalue weighted by atomic mass is 16.4. The number of unbranched alkanes of at least 4 members (excludes halogenated alkanes) is 1. The number of hydrogen-bond acceptors (Lipinski definition) is 3. The van der Waals surface area contributed by atoms with Crippen molar-refractivity contribution in [1.82, 2.24) is 9.88 Å². The molecule has 1 unspecified atom stereocenters. The van der Waals surface area contributed by atoms with Gasteiger partial charge in [0.15, 0.2) is 0 Å². The molecule has 0 saturated heterocycles. The normalized spacial score (nSPS) is 11.9. The smallest absolute Gasteiger partial charge is 0.326 e. The summed E-state index contributed by atoms with van der Waals surface area (Å²) >= 11 is 0. The van der Waals surface area contributed by atoms with Gasteiger partial charge in [-0.25, -0.2) is 4.79 Å². The van der Waals surface area contributed by atoms with Crippen LogP contribution in [0.4, 0.5) is 0 Å². The molecule has 21 heavy (non-hydrogen) atoms. The third-order valence-corrected chi connectivity index (χ3v) is 3.18. The van der Waals surface area contributed by atoms with Gasteiger partial charge in [0.2, 0.25) is 11.5 Å². The highest BCUT2D eigenvalue weighted by Gasteiger charge is 2.18. The summed E-state index contributed by atoms with van der Waals surface area (Å²) in [7, 11) is 0. The summed E-state index contributed by atoms with van der Waals surface area (Å²) < 4.78 is 1.53. The van der Waals surface area contributed by atoms with Gasteiger partial charge in [0.1, 0.15) is 6.04 Å². The van der Waals surface area contributed by atoms with Crippen molar-refractivity contribution in [2.75, 3.05) is 0 Å². The number of hydrogen-bond donors (Lipinski definition) is 2. The Bertz CT molecular complexity index is 524. The first-order valence-electron chi connectivity index (χ1n) is 7.22. The number of aromatic nitrogens is 1. The third kappa shape index (κ3) is 6.25. The molecule has 0 aromatic carbocycles. The molecule has 0 aliphatic rings. The van der Waals surface area contributed by atoms with Crippen molar-refractivity contribution in [3.8, 4) is 0 Å². The van der Waals surface area contributed by atoms with Gasteiger partial charge in [0.05, 0.1) is 0 Å². The molecule has 1 rings (SSSR count). The topological polar surface area (TPSA) is 88.4 Å². The van der Waals surface area contributed by atoms with E-state index in [4.69, 9.17) is 5.11 Å². The predicted molar refractivity (Wildman–Crippen MR) is 79.0 cm³/mol. The maximum absolute atomic E-state index is 11.7. The first-order valence-corrected chi connectivity index (χ1v) is 7.22. The minimum Gasteiger partial charge on any atom is -0.480 e. The Morgan fingerprint density at radius 3 is 2.71 bits per heavy atom. The molecule has 0 spiro atoms. The van der Waals surface area contributed by atoms with Crippen LogP contribution in [-0.2, 0) is 16.1 Å². The molecule has 0 aliphatic heterocycles. The predicted octanol–water partition coefficient (Wildman–Crippen LogP) is 1.39. The van der Waals surface area contributed by atoms with Crippen LogP contribution in [0.25, 0.3) is 0 Å². The molecule has 1 atom stereocenters. The lowest BCUT2D eigenvalue weighted by atomic mass is 10.1. The van der Waals surface area contributed by atoms with E-state index in [2.05, 4.69) is 5.32 Å². The summed E-state index contributed by atoms with van der Waals surface area (Å²) in [5.41, 5.74) is -0.107. The average molecular weight is 294 g/mol. The Morgan fingerprint density at radius 1 is 1.33 bits per heavy atom. The number of nitrogens with one attached hydrogen (secondary N) is 1. The Kier molecular flexibility index (Phi) is 7.21. The van der Waals surface area contributed by atoms with Gasteiger partial charge in [-0.3, -0.25) is 9.59 Å². The minimum absolute atomic E-state index is 0.107. The zero-order valence-corrected chi connectivity index (χ0v) is 12.2. The van der Waals surface area contributed by atoms with Crippen LogP contribution in [0.5, 0.6) is 0 Å². The molecule has 6 nitrogen and oxygen atoms in total. The number of nitrogens with zero attached hydrogens (tertiary/aromatic N) is 1. The van der Waals surface area contributed by atoms with Crippen LogP contribution < -0.4 is 10.9 Å². The fourth-order valence-electron chi connectivity index (χ4n) is 1.99. The summed E-state index contributed by atoms with van der Waals surface area (Å²) in [5, 5.41) is 11.6. The van der Waals surface area contributed by atoms with Crippen LogP contribution in [0.15, 0.2) is 29.2 Å². The van der Waals surface area contributed by atoms with Crippen molar-refractivity contribution in [1.29, 1.82) is 0 Å². The maximum Gasteiger partial charge on any atom is 0.326 e. The highest BCUT2D eigenvalue weighted by molar-refractivity contribution is 5.83. The van der Waals surface area contributed by atoms with E-state index in [9.17, 15) is 14.4 Å². The summed E-state index contributed by atoms with van der Waals surface area (Å²) in [4.78, 5) is 34.2. The molecule has 6 heteroatoms. The SMILES string of the molecule is CCCCC(NC(=O)CCCn1ccccc1=O)C(=O)O. The van der Waals surface area contributed by atoms with Gasteiger partial charge in [-0.15, -0.1) is 0 Å². The second-order valence-corrected chi connectivity index (χ2v) is 4.94. The van der Waals surface area contributed by atoms with E-state index >= 15 is 0 Å². The molecule has 1 aromatic rings. The zero-order valence-electron chi connectivity index (χ0n) is 12.2. The van der Waals surface area contributed by atoms with Gasteiger partial charge in [-0.05, 0) is 18.9 Å². The monoisotopic (exact) mass is 294 g/mol. The minimum atomic E-state index is -1.00. The molecule has 1 aromatic heterocycles. The van der Waals surface area contributed by atoms with Crippen molar-refractivity contribution in [3.05, 3.63) is 34.7 Å². The van der Waals surface area contributed by atoms with E-state index in [1.165, 1.54) is 10.6 Å². The van der Waals surface area contributed by atoms with Crippen LogP contribution in [-0.4, -0.2) is 27.6 Å². The lowest BCUT2D eigenvalue weighted by Gasteiger charge is -2.14. The number of carbonyl (C=O) groups excluding carboxylic acids is 1. The summed E-state index contributed by atoms with van der Waals surface area (Å²) in [6.07, 6.45) is 4.46. The van der Waals surface area contributed by atoms with Crippen molar-refractivity contribution < 1.29 is 14.7 Å². The van der Waals surface area contributed by atoms with Gasteiger partial charge >= 0.3 is 5.97 Å². The number of carboxylic acid groups (broad SMARTS) is 1. The first-order chi connectivity index (χ1) is 10.0. The standard InChI is InChI=1S/C15H22N2O4/c1-2-3-7-12(15(20)21)16-13(18)8-6-11-17-10-5-4-9-14(17)19/h4-5,9-10,12H,2-3,6-8,11H2,1H3,(H,16,18)(H,20,21). The van der Waals surface area contributed by atoms with Crippen LogP contribution in [0, 0.1) is 0 Å². The molecule has 0 radical (unpaired) electrons. The fraction of sp³-hybridized carbons (Fsp3) is 0.533. The van der Waals surface area contributed by atoms with Crippen LogP contribution >= 0.6 is 0 Å². The van der Waals surface area contributed by atoms with Crippen LogP contribution in [0.2, 0.25) is 0 Å². The fourth-order valence-corrected chi connectivity index (χ4v) is 1.99. The molecule has 0 fully saturated rings. The number of aryl methyl sites for hydroxylation is 1. The molecular weight excluding hydrogens is 272 g/mol. The number of carboxylic acids is 1. The van der Waals surface area contributed by atoms with Crippen molar-refractivity contribution in [3.63, 3.8) is 0 Å². The van der Waals surface area contributed by atoms with Crippen LogP contribution in [0.3, 0.4) is 0 Å². The number of amides is 1. The molecule has 0 aliphatic carbocycles. The molecule has 0 saturated carbocycles. The lowest BCUT2D eigenvalue weighted by Crippen LogP contribution is -2.40. The van der Waals surface area contributed by atoms with Crippen molar-refractivity contribution in [2.24, 2.45) is 0 Å². The Labute approximate surface area is 123 Å². The van der Waals surface area contributed by atoms with Crippen molar-refractivity contribution >= 4 is 11.9 Å². The van der Waals surface area contributed by atoms with Gasteiger partial charge in [0, 0.05) is 25.2 Å². The summed E-state index contributed by atoms with van der Waals surface area (Å²) in [6.45, 7) is 2.41. The second kappa shape index (κ2) is 8.94. The number of aliphatic carboxylic acids is 1. The molecule has 2 N–H and O–H groups in total. The Morgan fingerprint density at radius 2 is 2.10 bits per heavy atom. The molecule has 1 amide bonds. The lowest BCUT2D eigenvalue weighted by molar-refractivity contribution is -0.142. The second-order valence-electron chi connectivity index (χ2n) is 4.94. The third-order valence-electron chi connectivity index (χ3n) is 3.18. The van der Waals surface area contributed by atoms with E-state index in [-0.39, 0.29) is 17.9 Å². The molecule has 116 valence electrons. The number of rotatable bonds is 9.